The maximum absolute atomic E-state index is 4.69. The van der Waals surface area contributed by atoms with Crippen molar-refractivity contribution in [3.63, 3.8) is 0 Å². The zero-order valence-corrected chi connectivity index (χ0v) is 10.2. The maximum atomic E-state index is 4.69. The third-order valence-electron chi connectivity index (χ3n) is 3.10. The van der Waals surface area contributed by atoms with Crippen molar-refractivity contribution in [1.29, 1.82) is 0 Å². The fourth-order valence-electron chi connectivity index (χ4n) is 2.42. The molecule has 0 amide bonds. The van der Waals surface area contributed by atoms with Crippen molar-refractivity contribution >= 4 is 11.3 Å². The van der Waals surface area contributed by atoms with E-state index in [1.165, 1.54) is 23.3 Å². The highest BCUT2D eigenvalue weighted by molar-refractivity contribution is 7.15. The number of thiazole rings is 1. The molecule has 5 heteroatoms. The summed E-state index contributed by atoms with van der Waals surface area (Å²) in [4.78, 5) is 10.3. The largest absolute Gasteiger partial charge is 0.257 e. The second-order valence-corrected chi connectivity index (χ2v) is 5.69. The Balaban J connectivity index is 2.03. The van der Waals surface area contributed by atoms with E-state index < -0.39 is 0 Å². The van der Waals surface area contributed by atoms with Crippen LogP contribution in [0.2, 0.25) is 0 Å². The standard InChI is InChI=1S/C11H14N4S/c1-6-3-7(2)9-8(4-6)16-11(14-9)10-12-5-13-15-10/h5-7H,3-4H2,1-2H3,(H,12,13,15). The van der Waals surface area contributed by atoms with Gasteiger partial charge < -0.3 is 0 Å². The lowest BCUT2D eigenvalue weighted by Gasteiger charge is -2.22. The number of aromatic amines is 1. The van der Waals surface area contributed by atoms with Gasteiger partial charge in [-0.25, -0.2) is 9.97 Å². The Hall–Kier alpha value is -1.23. The number of rotatable bonds is 1. The van der Waals surface area contributed by atoms with Gasteiger partial charge in [0.15, 0.2) is 10.8 Å². The predicted octanol–water partition coefficient (Wildman–Crippen LogP) is 2.61. The zero-order valence-electron chi connectivity index (χ0n) is 9.40. The molecule has 2 aromatic rings. The molecule has 1 aliphatic carbocycles. The van der Waals surface area contributed by atoms with E-state index in [-0.39, 0.29) is 0 Å². The van der Waals surface area contributed by atoms with Crippen molar-refractivity contribution in [3.05, 3.63) is 16.9 Å². The molecular weight excluding hydrogens is 220 g/mol. The van der Waals surface area contributed by atoms with E-state index in [2.05, 4.69) is 29.0 Å². The quantitative estimate of drug-likeness (QED) is 0.825. The van der Waals surface area contributed by atoms with Gasteiger partial charge in [-0.15, -0.1) is 11.3 Å². The molecule has 0 saturated heterocycles. The van der Waals surface area contributed by atoms with Crippen LogP contribution in [0.15, 0.2) is 6.33 Å². The summed E-state index contributed by atoms with van der Waals surface area (Å²) in [5.74, 6) is 2.14. The highest BCUT2D eigenvalue weighted by Crippen LogP contribution is 2.39. The van der Waals surface area contributed by atoms with Crippen LogP contribution in [-0.4, -0.2) is 20.2 Å². The van der Waals surface area contributed by atoms with E-state index in [4.69, 9.17) is 4.98 Å². The van der Waals surface area contributed by atoms with Gasteiger partial charge in [-0.2, -0.15) is 5.10 Å². The molecule has 2 unspecified atom stereocenters. The van der Waals surface area contributed by atoms with Gasteiger partial charge in [0.1, 0.15) is 6.33 Å². The van der Waals surface area contributed by atoms with E-state index >= 15 is 0 Å². The smallest absolute Gasteiger partial charge is 0.184 e. The lowest BCUT2D eigenvalue weighted by molar-refractivity contribution is 0.448. The van der Waals surface area contributed by atoms with Crippen LogP contribution >= 0.6 is 11.3 Å². The number of nitrogens with zero attached hydrogens (tertiary/aromatic N) is 3. The highest BCUT2D eigenvalue weighted by Gasteiger charge is 2.26. The second kappa shape index (κ2) is 3.66. The first kappa shape index (κ1) is 9.96. The van der Waals surface area contributed by atoms with E-state index in [0.29, 0.717) is 5.92 Å². The number of hydrogen-bond acceptors (Lipinski definition) is 4. The van der Waals surface area contributed by atoms with Gasteiger partial charge in [-0.1, -0.05) is 13.8 Å². The number of H-pyrrole nitrogens is 1. The van der Waals surface area contributed by atoms with Gasteiger partial charge >= 0.3 is 0 Å². The SMILES string of the molecule is CC1Cc2sc(-c3ncn[nH]3)nc2C(C)C1. The molecule has 1 N–H and O–H groups in total. The first-order valence-corrected chi connectivity index (χ1v) is 6.41. The van der Waals surface area contributed by atoms with Crippen LogP contribution in [0.4, 0.5) is 0 Å². The fourth-order valence-corrected chi connectivity index (χ4v) is 3.71. The molecule has 0 radical (unpaired) electrons. The van der Waals surface area contributed by atoms with Crippen LogP contribution in [0.1, 0.15) is 36.8 Å². The molecule has 0 aromatic carbocycles. The van der Waals surface area contributed by atoms with Crippen molar-refractivity contribution in [2.45, 2.75) is 32.6 Å². The molecule has 84 valence electrons. The zero-order chi connectivity index (χ0) is 11.1. The Kier molecular flexibility index (Phi) is 2.28. The lowest BCUT2D eigenvalue weighted by atomic mass is 9.85. The third-order valence-corrected chi connectivity index (χ3v) is 4.20. The summed E-state index contributed by atoms with van der Waals surface area (Å²) in [5.41, 5.74) is 1.27. The van der Waals surface area contributed by atoms with E-state index in [1.807, 2.05) is 0 Å². The molecule has 2 aromatic heterocycles. The number of nitrogens with one attached hydrogen (secondary N) is 1. The van der Waals surface area contributed by atoms with E-state index in [1.54, 1.807) is 11.3 Å². The summed E-state index contributed by atoms with van der Waals surface area (Å²) in [6.45, 7) is 4.58. The topological polar surface area (TPSA) is 54.5 Å². The third kappa shape index (κ3) is 1.55. The number of fused-ring (bicyclic) bond motifs is 1. The van der Waals surface area contributed by atoms with E-state index in [0.717, 1.165) is 23.2 Å². The van der Waals surface area contributed by atoms with E-state index in [9.17, 15) is 0 Å². The summed E-state index contributed by atoms with van der Waals surface area (Å²) < 4.78 is 0. The molecular formula is C11H14N4S. The Morgan fingerprint density at radius 2 is 2.31 bits per heavy atom. The van der Waals surface area contributed by atoms with Crippen molar-refractivity contribution < 1.29 is 0 Å². The normalized spacial score (nSPS) is 24.4. The molecule has 3 rings (SSSR count). The molecule has 0 saturated carbocycles. The number of hydrogen-bond donors (Lipinski definition) is 1. The maximum Gasteiger partial charge on any atom is 0.184 e. The van der Waals surface area contributed by atoms with Crippen molar-refractivity contribution in [2.24, 2.45) is 5.92 Å². The Morgan fingerprint density at radius 1 is 1.44 bits per heavy atom. The van der Waals surface area contributed by atoms with Crippen molar-refractivity contribution in [3.8, 4) is 10.8 Å². The molecule has 1 aliphatic rings. The first-order chi connectivity index (χ1) is 7.74. The fraction of sp³-hybridized carbons (Fsp3) is 0.545. The first-order valence-electron chi connectivity index (χ1n) is 5.59. The van der Waals surface area contributed by atoms with Crippen LogP contribution in [-0.2, 0) is 6.42 Å². The summed E-state index contributed by atoms with van der Waals surface area (Å²) in [7, 11) is 0. The van der Waals surface area contributed by atoms with Crippen LogP contribution in [0.3, 0.4) is 0 Å². The van der Waals surface area contributed by atoms with Gasteiger partial charge in [-0.05, 0) is 24.7 Å². The van der Waals surface area contributed by atoms with Crippen LogP contribution in [0, 0.1) is 5.92 Å². The van der Waals surface area contributed by atoms with Crippen molar-refractivity contribution in [1.82, 2.24) is 20.2 Å². The summed E-state index contributed by atoms with van der Waals surface area (Å²) in [6, 6.07) is 0. The minimum atomic E-state index is 0.576. The predicted molar refractivity (Wildman–Crippen MR) is 63.4 cm³/mol. The summed E-state index contributed by atoms with van der Waals surface area (Å²) in [6.07, 6.45) is 3.93. The monoisotopic (exact) mass is 234 g/mol. The molecule has 2 atom stereocenters. The number of aromatic nitrogens is 4. The highest BCUT2D eigenvalue weighted by atomic mass is 32.1. The molecule has 0 spiro atoms. The summed E-state index contributed by atoms with van der Waals surface area (Å²) >= 11 is 1.76. The minimum absolute atomic E-state index is 0.576. The van der Waals surface area contributed by atoms with Gasteiger partial charge in [0.25, 0.3) is 0 Å². The Morgan fingerprint density at radius 3 is 3.06 bits per heavy atom. The minimum Gasteiger partial charge on any atom is -0.257 e. The molecule has 0 fully saturated rings. The lowest BCUT2D eigenvalue weighted by Crippen LogP contribution is -2.13. The van der Waals surface area contributed by atoms with Crippen LogP contribution in [0.25, 0.3) is 10.8 Å². The van der Waals surface area contributed by atoms with Gasteiger partial charge in [0.2, 0.25) is 0 Å². The van der Waals surface area contributed by atoms with Crippen LogP contribution in [0.5, 0.6) is 0 Å². The van der Waals surface area contributed by atoms with Crippen LogP contribution < -0.4 is 0 Å². The Labute approximate surface area is 98.1 Å². The molecule has 0 aliphatic heterocycles. The molecule has 16 heavy (non-hydrogen) atoms. The average Bonchev–Trinajstić information content (AvgIpc) is 2.82. The molecule has 0 bridgehead atoms. The van der Waals surface area contributed by atoms with Gasteiger partial charge in [-0.3, -0.25) is 5.10 Å². The molecule has 2 heterocycles. The average molecular weight is 234 g/mol. The Bertz CT molecular complexity index is 488. The summed E-state index contributed by atoms with van der Waals surface area (Å²) in [5, 5.41) is 7.72. The van der Waals surface area contributed by atoms with Gasteiger partial charge in [0.05, 0.1) is 5.69 Å². The second-order valence-electron chi connectivity index (χ2n) is 4.61. The van der Waals surface area contributed by atoms with Gasteiger partial charge in [0, 0.05) is 4.88 Å². The molecule has 4 nitrogen and oxygen atoms in total. The van der Waals surface area contributed by atoms with Crippen molar-refractivity contribution in [2.75, 3.05) is 0 Å².